The third kappa shape index (κ3) is 3.12. The zero-order chi connectivity index (χ0) is 14.7. The maximum Gasteiger partial charge on any atom is 0.137 e. The molecule has 0 amide bonds. The molecule has 0 unspecified atom stereocenters. The molecule has 0 radical (unpaired) electrons. The van der Waals surface area contributed by atoms with E-state index in [9.17, 15) is 0 Å². The first-order valence-corrected chi connectivity index (χ1v) is 8.52. The zero-order valence-electron chi connectivity index (χ0n) is 11.5. The maximum absolute atomic E-state index is 6.08. The van der Waals surface area contributed by atoms with Crippen LogP contribution in [0.2, 0.25) is 0 Å². The SMILES string of the molecule is NCCc1cccc(Br)c1OCc1csc2ccccc12. The van der Waals surface area contributed by atoms with Crippen molar-refractivity contribution in [2.24, 2.45) is 5.73 Å². The molecule has 3 rings (SSSR count). The molecule has 2 nitrogen and oxygen atoms in total. The van der Waals surface area contributed by atoms with Crippen molar-refractivity contribution >= 4 is 37.4 Å². The molecular formula is C17H16BrNOS. The molecule has 1 aromatic heterocycles. The van der Waals surface area contributed by atoms with E-state index in [1.807, 2.05) is 12.1 Å². The summed E-state index contributed by atoms with van der Waals surface area (Å²) in [5, 5.41) is 3.44. The van der Waals surface area contributed by atoms with E-state index >= 15 is 0 Å². The van der Waals surface area contributed by atoms with Gasteiger partial charge in [0.15, 0.2) is 0 Å². The Morgan fingerprint density at radius 3 is 2.76 bits per heavy atom. The molecule has 1 heterocycles. The highest BCUT2D eigenvalue weighted by Crippen LogP contribution is 2.32. The molecule has 0 saturated carbocycles. The lowest BCUT2D eigenvalue weighted by molar-refractivity contribution is 0.303. The summed E-state index contributed by atoms with van der Waals surface area (Å²) >= 11 is 5.32. The van der Waals surface area contributed by atoms with Gasteiger partial charge in [0.2, 0.25) is 0 Å². The lowest BCUT2D eigenvalue weighted by atomic mass is 10.1. The summed E-state index contributed by atoms with van der Waals surface area (Å²) in [7, 11) is 0. The second-order valence-corrected chi connectivity index (χ2v) is 6.58. The van der Waals surface area contributed by atoms with E-state index in [4.69, 9.17) is 10.5 Å². The van der Waals surface area contributed by atoms with Gasteiger partial charge >= 0.3 is 0 Å². The fraction of sp³-hybridized carbons (Fsp3) is 0.176. The number of thiophene rings is 1. The van der Waals surface area contributed by atoms with Gasteiger partial charge in [-0.25, -0.2) is 0 Å². The van der Waals surface area contributed by atoms with Crippen molar-refractivity contribution in [1.29, 1.82) is 0 Å². The fourth-order valence-corrected chi connectivity index (χ4v) is 3.83. The van der Waals surface area contributed by atoms with E-state index in [1.54, 1.807) is 11.3 Å². The van der Waals surface area contributed by atoms with Gasteiger partial charge < -0.3 is 10.5 Å². The Kier molecular flexibility index (Phi) is 4.58. The molecule has 2 N–H and O–H groups in total. The van der Waals surface area contributed by atoms with Crippen LogP contribution in [0.15, 0.2) is 52.3 Å². The highest BCUT2D eigenvalue weighted by molar-refractivity contribution is 9.10. The number of rotatable bonds is 5. The van der Waals surface area contributed by atoms with Crippen molar-refractivity contribution in [3.63, 3.8) is 0 Å². The van der Waals surface area contributed by atoms with Crippen molar-refractivity contribution in [1.82, 2.24) is 0 Å². The van der Waals surface area contributed by atoms with Crippen LogP contribution in [0.3, 0.4) is 0 Å². The van der Waals surface area contributed by atoms with Gasteiger partial charge in [-0.15, -0.1) is 11.3 Å². The molecule has 2 aromatic carbocycles. The van der Waals surface area contributed by atoms with Crippen molar-refractivity contribution in [3.05, 3.63) is 63.4 Å². The monoisotopic (exact) mass is 361 g/mol. The quantitative estimate of drug-likeness (QED) is 0.711. The first-order chi connectivity index (χ1) is 10.3. The lowest BCUT2D eigenvalue weighted by Gasteiger charge is -2.12. The van der Waals surface area contributed by atoms with Gasteiger partial charge in [0.1, 0.15) is 12.4 Å². The van der Waals surface area contributed by atoms with Gasteiger partial charge in [0.05, 0.1) is 4.47 Å². The standard InChI is InChI=1S/C17H16BrNOS/c18-15-6-3-4-12(8-9-19)17(15)20-10-13-11-21-16-7-2-1-5-14(13)16/h1-7,11H,8-10,19H2. The fourth-order valence-electron chi connectivity index (χ4n) is 2.36. The van der Waals surface area contributed by atoms with Gasteiger partial charge in [0, 0.05) is 10.3 Å². The number of nitrogens with two attached hydrogens (primary N) is 1. The van der Waals surface area contributed by atoms with Gasteiger partial charge in [-0.05, 0) is 57.4 Å². The second-order valence-electron chi connectivity index (χ2n) is 4.81. The lowest BCUT2D eigenvalue weighted by Crippen LogP contribution is -2.05. The average molecular weight is 362 g/mol. The van der Waals surface area contributed by atoms with E-state index in [-0.39, 0.29) is 0 Å². The highest BCUT2D eigenvalue weighted by Gasteiger charge is 2.10. The minimum absolute atomic E-state index is 0.574. The third-order valence-corrected chi connectivity index (χ3v) is 5.03. The smallest absolute Gasteiger partial charge is 0.137 e. The molecule has 108 valence electrons. The molecule has 0 bridgehead atoms. The van der Waals surface area contributed by atoms with E-state index in [2.05, 4.69) is 51.6 Å². The molecular weight excluding hydrogens is 346 g/mol. The predicted molar refractivity (Wildman–Crippen MR) is 93.1 cm³/mol. The van der Waals surface area contributed by atoms with Crippen LogP contribution in [-0.2, 0) is 13.0 Å². The molecule has 0 aliphatic heterocycles. The summed E-state index contributed by atoms with van der Waals surface area (Å²) in [6.45, 7) is 1.19. The maximum atomic E-state index is 6.08. The largest absolute Gasteiger partial charge is 0.487 e. The van der Waals surface area contributed by atoms with Crippen molar-refractivity contribution in [3.8, 4) is 5.75 Å². The molecule has 0 saturated heterocycles. The summed E-state index contributed by atoms with van der Waals surface area (Å²) in [6.07, 6.45) is 0.819. The highest BCUT2D eigenvalue weighted by atomic mass is 79.9. The Hall–Kier alpha value is -1.36. The number of benzene rings is 2. The van der Waals surface area contributed by atoms with Crippen LogP contribution in [-0.4, -0.2) is 6.54 Å². The average Bonchev–Trinajstić information content (AvgIpc) is 2.90. The second kappa shape index (κ2) is 6.60. The molecule has 0 aliphatic rings. The predicted octanol–water partition coefficient (Wildman–Crippen LogP) is 4.74. The number of halogens is 1. The zero-order valence-corrected chi connectivity index (χ0v) is 13.9. The molecule has 3 aromatic rings. The number of ether oxygens (including phenoxy) is 1. The number of hydrogen-bond acceptors (Lipinski definition) is 3. The van der Waals surface area contributed by atoms with Crippen molar-refractivity contribution < 1.29 is 4.74 Å². The molecule has 0 aliphatic carbocycles. The van der Waals surface area contributed by atoms with Crippen LogP contribution < -0.4 is 10.5 Å². The van der Waals surface area contributed by atoms with Crippen LogP contribution in [0.25, 0.3) is 10.1 Å². The number of hydrogen-bond donors (Lipinski definition) is 1. The summed E-state index contributed by atoms with van der Waals surface area (Å²) in [5.74, 6) is 0.901. The molecule has 0 fully saturated rings. The van der Waals surface area contributed by atoms with Crippen LogP contribution in [0, 0.1) is 0 Å². The Morgan fingerprint density at radius 2 is 1.90 bits per heavy atom. The first-order valence-electron chi connectivity index (χ1n) is 6.85. The normalized spacial score (nSPS) is 11.0. The third-order valence-electron chi connectivity index (χ3n) is 3.40. The minimum Gasteiger partial charge on any atom is -0.487 e. The molecule has 0 atom stereocenters. The Labute approximate surface area is 136 Å². The van der Waals surface area contributed by atoms with E-state index in [1.165, 1.54) is 15.6 Å². The van der Waals surface area contributed by atoms with Crippen LogP contribution >= 0.6 is 27.3 Å². The van der Waals surface area contributed by atoms with Crippen LogP contribution in [0.4, 0.5) is 0 Å². The minimum atomic E-state index is 0.574. The van der Waals surface area contributed by atoms with Crippen molar-refractivity contribution in [2.45, 2.75) is 13.0 Å². The van der Waals surface area contributed by atoms with E-state index in [0.717, 1.165) is 22.2 Å². The van der Waals surface area contributed by atoms with Crippen LogP contribution in [0.1, 0.15) is 11.1 Å². The Balaban J connectivity index is 1.85. The van der Waals surface area contributed by atoms with Gasteiger partial charge in [-0.2, -0.15) is 0 Å². The molecule has 0 spiro atoms. The van der Waals surface area contributed by atoms with Gasteiger partial charge in [-0.1, -0.05) is 30.3 Å². The first kappa shape index (κ1) is 14.6. The number of para-hydroxylation sites is 1. The van der Waals surface area contributed by atoms with Crippen LogP contribution in [0.5, 0.6) is 5.75 Å². The van der Waals surface area contributed by atoms with E-state index < -0.39 is 0 Å². The number of fused-ring (bicyclic) bond motifs is 1. The molecule has 4 heteroatoms. The Morgan fingerprint density at radius 1 is 1.05 bits per heavy atom. The van der Waals surface area contributed by atoms with E-state index in [0.29, 0.717) is 13.2 Å². The van der Waals surface area contributed by atoms with Gasteiger partial charge in [-0.3, -0.25) is 0 Å². The molecule has 21 heavy (non-hydrogen) atoms. The Bertz CT molecular complexity index is 753. The summed E-state index contributed by atoms with van der Waals surface area (Å²) in [5.41, 5.74) is 8.05. The summed E-state index contributed by atoms with van der Waals surface area (Å²) < 4.78 is 8.35. The van der Waals surface area contributed by atoms with Gasteiger partial charge in [0.25, 0.3) is 0 Å². The topological polar surface area (TPSA) is 35.2 Å². The van der Waals surface area contributed by atoms with Crippen molar-refractivity contribution in [2.75, 3.05) is 6.54 Å². The summed E-state index contributed by atoms with van der Waals surface area (Å²) in [4.78, 5) is 0. The summed E-state index contributed by atoms with van der Waals surface area (Å²) in [6, 6.07) is 14.5.